The van der Waals surface area contributed by atoms with E-state index < -0.39 is 10.1 Å². The van der Waals surface area contributed by atoms with Gasteiger partial charge in [0.1, 0.15) is 0 Å². The Morgan fingerprint density at radius 3 is 2.12 bits per heavy atom. The Morgan fingerprint density at radius 1 is 1.24 bits per heavy atom. The molecule has 0 radical (unpaired) electrons. The van der Waals surface area contributed by atoms with Gasteiger partial charge in [-0.15, -0.1) is 0 Å². The minimum absolute atomic E-state index is 0.0880. The molecule has 17 heavy (non-hydrogen) atoms. The molecule has 0 spiro atoms. The van der Waals surface area contributed by atoms with Crippen LogP contribution in [0.15, 0.2) is 0 Å². The molecular formula is C13H28O3S. The molecular weight excluding hydrogens is 236 g/mol. The Kier molecular flexibility index (Phi) is 6.70. The van der Waals surface area contributed by atoms with Gasteiger partial charge in [-0.25, -0.2) is 0 Å². The van der Waals surface area contributed by atoms with E-state index in [0.717, 1.165) is 25.7 Å². The van der Waals surface area contributed by atoms with Crippen molar-refractivity contribution in [3.05, 3.63) is 0 Å². The quantitative estimate of drug-likeness (QED) is 0.712. The summed E-state index contributed by atoms with van der Waals surface area (Å²) in [5.74, 6) is 0.496. The second-order valence-corrected chi connectivity index (χ2v) is 8.01. The van der Waals surface area contributed by atoms with E-state index >= 15 is 0 Å². The predicted octanol–water partition coefficient (Wildman–Crippen LogP) is 3.75. The van der Waals surface area contributed by atoms with Gasteiger partial charge in [0.2, 0.25) is 0 Å². The second kappa shape index (κ2) is 6.74. The molecule has 0 rings (SSSR count). The fourth-order valence-corrected chi connectivity index (χ4v) is 3.57. The van der Waals surface area contributed by atoms with Crippen LogP contribution in [0.25, 0.3) is 0 Å². The van der Waals surface area contributed by atoms with E-state index in [-0.39, 0.29) is 17.1 Å². The zero-order valence-electron chi connectivity index (χ0n) is 11.9. The summed E-state index contributed by atoms with van der Waals surface area (Å²) in [5.41, 5.74) is 0.272. The molecule has 0 saturated carbocycles. The average Bonchev–Trinajstić information content (AvgIpc) is 1.95. The SMILES string of the molecule is CCCC(CC(C)CC(C)(C)C)CS(=O)(=O)O. The molecule has 0 amide bonds. The fourth-order valence-electron chi connectivity index (χ4n) is 2.67. The lowest BCUT2D eigenvalue weighted by Gasteiger charge is -2.26. The van der Waals surface area contributed by atoms with Gasteiger partial charge in [0.25, 0.3) is 10.1 Å². The minimum atomic E-state index is -3.83. The topological polar surface area (TPSA) is 54.4 Å². The third-order valence-corrected chi connectivity index (χ3v) is 3.73. The normalized spacial score (nSPS) is 16.8. The summed E-state index contributed by atoms with van der Waals surface area (Å²) in [6, 6.07) is 0. The summed E-state index contributed by atoms with van der Waals surface area (Å²) in [5, 5.41) is 0. The maximum Gasteiger partial charge on any atom is 0.265 e. The van der Waals surface area contributed by atoms with Crippen LogP contribution in [0.5, 0.6) is 0 Å². The molecule has 0 aliphatic carbocycles. The van der Waals surface area contributed by atoms with Crippen molar-refractivity contribution in [1.82, 2.24) is 0 Å². The van der Waals surface area contributed by atoms with Gasteiger partial charge in [0, 0.05) is 0 Å². The highest BCUT2D eigenvalue weighted by Gasteiger charge is 2.22. The number of rotatable bonds is 7. The molecule has 0 heterocycles. The van der Waals surface area contributed by atoms with Gasteiger partial charge in [-0.3, -0.25) is 4.55 Å². The summed E-state index contributed by atoms with van der Waals surface area (Å²) >= 11 is 0. The smallest absolute Gasteiger partial charge is 0.265 e. The molecule has 4 heteroatoms. The Labute approximate surface area is 107 Å². The van der Waals surface area contributed by atoms with Crippen LogP contribution >= 0.6 is 0 Å². The van der Waals surface area contributed by atoms with Crippen LogP contribution < -0.4 is 0 Å². The molecule has 0 bridgehead atoms. The third kappa shape index (κ3) is 10.8. The predicted molar refractivity (Wildman–Crippen MR) is 72.7 cm³/mol. The third-order valence-electron chi connectivity index (χ3n) is 2.84. The van der Waals surface area contributed by atoms with E-state index in [0.29, 0.717) is 5.92 Å². The fraction of sp³-hybridized carbons (Fsp3) is 1.00. The van der Waals surface area contributed by atoms with E-state index in [1.165, 1.54) is 0 Å². The molecule has 1 N–H and O–H groups in total. The van der Waals surface area contributed by atoms with Gasteiger partial charge in [-0.2, -0.15) is 8.42 Å². The van der Waals surface area contributed by atoms with Crippen molar-refractivity contribution in [3.8, 4) is 0 Å². The maximum atomic E-state index is 10.9. The molecule has 0 aromatic rings. The lowest BCUT2D eigenvalue weighted by Crippen LogP contribution is -2.20. The molecule has 2 unspecified atom stereocenters. The molecule has 0 saturated heterocycles. The first-order chi connectivity index (χ1) is 7.53. The summed E-state index contributed by atoms with van der Waals surface area (Å²) < 4.78 is 30.8. The zero-order chi connectivity index (χ0) is 13.7. The first-order valence-corrected chi connectivity index (χ1v) is 8.09. The van der Waals surface area contributed by atoms with Gasteiger partial charge in [0.05, 0.1) is 5.75 Å². The Hall–Kier alpha value is -0.0900. The van der Waals surface area contributed by atoms with Gasteiger partial charge >= 0.3 is 0 Å². The molecule has 0 aromatic carbocycles. The van der Waals surface area contributed by atoms with Gasteiger partial charge in [-0.1, -0.05) is 41.0 Å². The van der Waals surface area contributed by atoms with Crippen molar-refractivity contribution in [2.75, 3.05) is 5.75 Å². The van der Waals surface area contributed by atoms with Crippen molar-refractivity contribution < 1.29 is 13.0 Å². The molecule has 0 fully saturated rings. The minimum Gasteiger partial charge on any atom is -0.286 e. The number of hydrogen-bond acceptors (Lipinski definition) is 2. The van der Waals surface area contributed by atoms with E-state index in [2.05, 4.69) is 27.7 Å². The van der Waals surface area contributed by atoms with Crippen molar-refractivity contribution in [2.45, 2.75) is 60.3 Å². The van der Waals surface area contributed by atoms with Crippen molar-refractivity contribution >= 4 is 10.1 Å². The Balaban J connectivity index is 4.34. The molecule has 3 nitrogen and oxygen atoms in total. The molecule has 0 aliphatic rings. The first kappa shape index (κ1) is 16.9. The van der Waals surface area contributed by atoms with Crippen LogP contribution in [0.3, 0.4) is 0 Å². The largest absolute Gasteiger partial charge is 0.286 e. The van der Waals surface area contributed by atoms with Gasteiger partial charge < -0.3 is 0 Å². The van der Waals surface area contributed by atoms with Crippen molar-refractivity contribution in [2.24, 2.45) is 17.3 Å². The monoisotopic (exact) mass is 264 g/mol. The summed E-state index contributed by atoms with van der Waals surface area (Å²) in [4.78, 5) is 0. The summed E-state index contributed by atoms with van der Waals surface area (Å²) in [6.07, 6.45) is 3.79. The molecule has 0 aliphatic heterocycles. The Bertz CT molecular complexity index is 301. The van der Waals surface area contributed by atoms with E-state index in [4.69, 9.17) is 4.55 Å². The molecule has 0 aromatic heterocycles. The van der Waals surface area contributed by atoms with Crippen LogP contribution in [0.1, 0.15) is 60.3 Å². The van der Waals surface area contributed by atoms with E-state index in [1.54, 1.807) is 0 Å². The van der Waals surface area contributed by atoms with E-state index in [9.17, 15) is 8.42 Å². The standard InChI is InChI=1S/C13H28O3S/c1-6-7-12(10-17(14,15)16)8-11(2)9-13(3,4)5/h11-12H,6-10H2,1-5H3,(H,14,15,16). The Morgan fingerprint density at radius 2 is 1.76 bits per heavy atom. The highest BCUT2D eigenvalue weighted by molar-refractivity contribution is 7.85. The van der Waals surface area contributed by atoms with Crippen molar-refractivity contribution in [3.63, 3.8) is 0 Å². The van der Waals surface area contributed by atoms with Crippen LogP contribution in [0, 0.1) is 17.3 Å². The number of hydrogen-bond donors (Lipinski definition) is 1. The van der Waals surface area contributed by atoms with E-state index in [1.807, 2.05) is 6.92 Å². The molecule has 2 atom stereocenters. The highest BCUT2D eigenvalue weighted by atomic mass is 32.2. The van der Waals surface area contributed by atoms with Crippen LogP contribution in [-0.2, 0) is 10.1 Å². The highest BCUT2D eigenvalue weighted by Crippen LogP contribution is 2.29. The lowest BCUT2D eigenvalue weighted by atomic mass is 9.81. The average molecular weight is 264 g/mol. The zero-order valence-corrected chi connectivity index (χ0v) is 12.7. The summed E-state index contributed by atoms with van der Waals surface area (Å²) in [6.45, 7) is 10.8. The van der Waals surface area contributed by atoms with Gasteiger partial charge in [-0.05, 0) is 36.5 Å². The van der Waals surface area contributed by atoms with Crippen LogP contribution in [-0.4, -0.2) is 18.7 Å². The second-order valence-electron chi connectivity index (χ2n) is 6.51. The summed E-state index contributed by atoms with van der Waals surface area (Å²) in [7, 11) is -3.83. The first-order valence-electron chi connectivity index (χ1n) is 6.48. The van der Waals surface area contributed by atoms with Gasteiger partial charge in [0.15, 0.2) is 0 Å². The van der Waals surface area contributed by atoms with Crippen LogP contribution in [0.2, 0.25) is 0 Å². The lowest BCUT2D eigenvalue weighted by molar-refractivity contribution is 0.268. The van der Waals surface area contributed by atoms with Crippen molar-refractivity contribution in [1.29, 1.82) is 0 Å². The van der Waals surface area contributed by atoms with Crippen LogP contribution in [0.4, 0.5) is 0 Å². The molecule has 104 valence electrons. The maximum absolute atomic E-state index is 10.9.